The van der Waals surface area contributed by atoms with Crippen LogP contribution in [0.5, 0.6) is 0 Å². The van der Waals surface area contributed by atoms with Crippen LogP contribution in [0.3, 0.4) is 0 Å². The van der Waals surface area contributed by atoms with Crippen molar-refractivity contribution >= 4 is 23.1 Å². The molecule has 1 N–H and O–H groups in total. The first kappa shape index (κ1) is 13.0. The van der Waals surface area contributed by atoms with E-state index in [1.54, 1.807) is 0 Å². The Balaban J connectivity index is 2.08. The van der Waals surface area contributed by atoms with Gasteiger partial charge in [0.25, 0.3) is 0 Å². The van der Waals surface area contributed by atoms with Crippen LogP contribution in [0.2, 0.25) is 5.28 Å². The molecule has 0 spiro atoms. The maximum Gasteiger partial charge on any atom is 0.329 e. The summed E-state index contributed by atoms with van der Waals surface area (Å²) in [5.41, 5.74) is -0.175. The van der Waals surface area contributed by atoms with Crippen LogP contribution in [0.4, 0.5) is 11.5 Å². The average molecular weight is 273 g/mol. The topological polar surface area (TPSA) is 90.2 Å². The highest BCUT2D eigenvalue weighted by atomic mass is 35.5. The number of aromatic nitrogens is 2. The van der Waals surface area contributed by atoms with Gasteiger partial charge in [-0.1, -0.05) is 0 Å². The van der Waals surface area contributed by atoms with Gasteiger partial charge in [0.15, 0.2) is 0 Å². The predicted octanol–water partition coefficient (Wildman–Crippen LogP) is 1.88. The molecule has 98 valence electrons. The van der Waals surface area contributed by atoms with Gasteiger partial charge in [-0.25, -0.2) is 4.98 Å². The molecule has 0 saturated carbocycles. The molecule has 2 atom stereocenters. The monoisotopic (exact) mass is 272 g/mol. The van der Waals surface area contributed by atoms with E-state index in [2.05, 4.69) is 15.3 Å². The Kier molecular flexibility index (Phi) is 3.93. The van der Waals surface area contributed by atoms with E-state index >= 15 is 0 Å². The van der Waals surface area contributed by atoms with E-state index in [0.717, 1.165) is 19.2 Å². The molecule has 0 amide bonds. The first-order chi connectivity index (χ1) is 8.58. The summed E-state index contributed by atoms with van der Waals surface area (Å²) in [4.78, 5) is 17.7. The average Bonchev–Trinajstić information content (AvgIpc) is 2.72. The highest BCUT2D eigenvalue weighted by Crippen LogP contribution is 2.25. The van der Waals surface area contributed by atoms with Crippen LogP contribution in [0.15, 0.2) is 6.20 Å². The Bertz CT molecular complexity index is 457. The van der Waals surface area contributed by atoms with Gasteiger partial charge in [0.1, 0.15) is 6.20 Å². The van der Waals surface area contributed by atoms with E-state index in [1.807, 2.05) is 6.92 Å². The largest absolute Gasteiger partial charge is 0.378 e. The summed E-state index contributed by atoms with van der Waals surface area (Å²) in [5, 5.41) is 13.7. The van der Waals surface area contributed by atoms with Gasteiger partial charge in [-0.05, 0) is 24.9 Å². The quantitative estimate of drug-likeness (QED) is 0.511. The highest BCUT2D eigenvalue weighted by molar-refractivity contribution is 6.28. The number of nitrogens with zero attached hydrogens (tertiary/aromatic N) is 3. The lowest BCUT2D eigenvalue weighted by Crippen LogP contribution is -2.21. The molecule has 0 bridgehead atoms. The molecule has 1 saturated heterocycles. The van der Waals surface area contributed by atoms with Crippen LogP contribution in [0.25, 0.3) is 0 Å². The number of rotatable bonds is 4. The molecule has 2 unspecified atom stereocenters. The van der Waals surface area contributed by atoms with Gasteiger partial charge >= 0.3 is 5.69 Å². The molecule has 7 nitrogen and oxygen atoms in total. The molecule has 0 aromatic carbocycles. The van der Waals surface area contributed by atoms with E-state index in [0.29, 0.717) is 12.5 Å². The number of halogens is 1. The lowest BCUT2D eigenvalue weighted by Gasteiger charge is -2.14. The minimum absolute atomic E-state index is 0.0150. The zero-order chi connectivity index (χ0) is 13.1. The molecule has 1 aliphatic rings. The standard InChI is InChI=1S/C10H13ClN4O3/c1-6-7(2-3-18-6)4-12-9-8(15(16)17)5-13-10(11)14-9/h5-7H,2-4H2,1H3,(H,12,13,14). The normalized spacial score (nSPS) is 23.0. The first-order valence-electron chi connectivity index (χ1n) is 5.60. The van der Waals surface area contributed by atoms with Gasteiger partial charge in [-0.3, -0.25) is 10.1 Å². The smallest absolute Gasteiger partial charge is 0.329 e. The number of nitro groups is 1. The van der Waals surface area contributed by atoms with E-state index in [1.165, 1.54) is 0 Å². The van der Waals surface area contributed by atoms with Crippen LogP contribution in [0, 0.1) is 16.0 Å². The zero-order valence-corrected chi connectivity index (χ0v) is 10.6. The van der Waals surface area contributed by atoms with Crippen molar-refractivity contribution in [3.8, 4) is 0 Å². The summed E-state index contributed by atoms with van der Waals surface area (Å²) in [7, 11) is 0. The Morgan fingerprint density at radius 1 is 1.72 bits per heavy atom. The summed E-state index contributed by atoms with van der Waals surface area (Å²) in [6, 6.07) is 0. The van der Waals surface area contributed by atoms with E-state index < -0.39 is 4.92 Å². The van der Waals surface area contributed by atoms with Crippen LogP contribution in [-0.2, 0) is 4.74 Å². The van der Waals surface area contributed by atoms with Gasteiger partial charge in [-0.2, -0.15) is 4.98 Å². The maximum absolute atomic E-state index is 10.8. The molecule has 1 aromatic rings. The lowest BCUT2D eigenvalue weighted by molar-refractivity contribution is -0.384. The van der Waals surface area contributed by atoms with Crippen molar-refractivity contribution in [3.05, 3.63) is 21.6 Å². The van der Waals surface area contributed by atoms with Crippen molar-refractivity contribution in [1.29, 1.82) is 0 Å². The Morgan fingerprint density at radius 2 is 2.50 bits per heavy atom. The molecule has 8 heteroatoms. The lowest BCUT2D eigenvalue weighted by atomic mass is 10.0. The summed E-state index contributed by atoms with van der Waals surface area (Å²) < 4.78 is 5.42. The van der Waals surface area contributed by atoms with Crippen LogP contribution >= 0.6 is 11.6 Å². The molecule has 18 heavy (non-hydrogen) atoms. The summed E-state index contributed by atoms with van der Waals surface area (Å²) in [6.45, 7) is 3.27. The number of anilines is 1. The third-order valence-corrected chi connectivity index (χ3v) is 3.18. The zero-order valence-electron chi connectivity index (χ0n) is 9.80. The number of hydrogen-bond acceptors (Lipinski definition) is 6. The van der Waals surface area contributed by atoms with Crippen molar-refractivity contribution in [2.75, 3.05) is 18.5 Å². The molecule has 2 heterocycles. The van der Waals surface area contributed by atoms with Crippen LogP contribution in [-0.4, -0.2) is 34.1 Å². The second kappa shape index (κ2) is 5.45. The molecule has 1 fully saturated rings. The van der Waals surface area contributed by atoms with Crippen molar-refractivity contribution in [2.45, 2.75) is 19.4 Å². The molecular formula is C10H13ClN4O3. The maximum atomic E-state index is 10.8. The SMILES string of the molecule is CC1OCCC1CNc1nc(Cl)ncc1[N+](=O)[O-]. The van der Waals surface area contributed by atoms with Gasteiger partial charge in [0.2, 0.25) is 11.1 Å². The van der Waals surface area contributed by atoms with Crippen molar-refractivity contribution in [2.24, 2.45) is 5.92 Å². The third kappa shape index (κ3) is 2.85. The summed E-state index contributed by atoms with van der Waals surface area (Å²) in [5.74, 6) is 0.470. The fourth-order valence-corrected chi connectivity index (χ4v) is 2.02. The summed E-state index contributed by atoms with van der Waals surface area (Å²) in [6.07, 6.45) is 2.18. The van der Waals surface area contributed by atoms with E-state index in [9.17, 15) is 10.1 Å². The first-order valence-corrected chi connectivity index (χ1v) is 5.98. The highest BCUT2D eigenvalue weighted by Gasteiger charge is 2.25. The van der Waals surface area contributed by atoms with Gasteiger partial charge in [-0.15, -0.1) is 0 Å². The fourth-order valence-electron chi connectivity index (χ4n) is 1.89. The van der Waals surface area contributed by atoms with E-state index in [4.69, 9.17) is 16.3 Å². The minimum Gasteiger partial charge on any atom is -0.378 e. The Labute approximate surface area is 109 Å². The van der Waals surface area contributed by atoms with Crippen molar-refractivity contribution in [3.63, 3.8) is 0 Å². The molecular weight excluding hydrogens is 260 g/mol. The second-order valence-electron chi connectivity index (χ2n) is 4.14. The summed E-state index contributed by atoms with van der Waals surface area (Å²) >= 11 is 5.64. The van der Waals surface area contributed by atoms with E-state index in [-0.39, 0.29) is 22.9 Å². The molecule has 1 aromatic heterocycles. The molecule has 2 rings (SSSR count). The minimum atomic E-state index is -0.534. The van der Waals surface area contributed by atoms with Gasteiger partial charge in [0.05, 0.1) is 11.0 Å². The number of ether oxygens (including phenoxy) is 1. The predicted molar refractivity (Wildman–Crippen MR) is 65.7 cm³/mol. The Morgan fingerprint density at radius 3 is 3.11 bits per heavy atom. The van der Waals surface area contributed by atoms with Crippen LogP contribution in [0.1, 0.15) is 13.3 Å². The molecule has 1 aliphatic heterocycles. The van der Waals surface area contributed by atoms with Gasteiger partial charge < -0.3 is 10.1 Å². The number of hydrogen-bond donors (Lipinski definition) is 1. The number of nitrogens with one attached hydrogen (secondary N) is 1. The van der Waals surface area contributed by atoms with Crippen molar-refractivity contribution in [1.82, 2.24) is 9.97 Å². The molecule has 0 radical (unpaired) electrons. The fraction of sp³-hybridized carbons (Fsp3) is 0.600. The third-order valence-electron chi connectivity index (χ3n) is 3.00. The van der Waals surface area contributed by atoms with Crippen molar-refractivity contribution < 1.29 is 9.66 Å². The van der Waals surface area contributed by atoms with Crippen LogP contribution < -0.4 is 5.32 Å². The second-order valence-corrected chi connectivity index (χ2v) is 4.47. The van der Waals surface area contributed by atoms with Gasteiger partial charge in [0, 0.05) is 19.1 Å². The molecule has 0 aliphatic carbocycles. The Hall–Kier alpha value is -1.47.